The number of benzene rings is 1. The lowest BCUT2D eigenvalue weighted by Gasteiger charge is -2.17. The van der Waals surface area contributed by atoms with Crippen molar-refractivity contribution in [2.24, 2.45) is 0 Å². The Bertz CT molecular complexity index is 384. The third-order valence-corrected chi connectivity index (χ3v) is 3.01. The Morgan fingerprint density at radius 3 is 2.75 bits per heavy atom. The number of hydrogen-bond acceptors (Lipinski definition) is 2. The summed E-state index contributed by atoms with van der Waals surface area (Å²) in [5, 5.41) is 0. The molecule has 0 aromatic heterocycles. The summed E-state index contributed by atoms with van der Waals surface area (Å²) in [5.41, 5.74) is 0.808. The van der Waals surface area contributed by atoms with Crippen LogP contribution in [0, 0.1) is 0 Å². The number of hydrogen-bond donors (Lipinski definition) is 0. The van der Waals surface area contributed by atoms with Crippen molar-refractivity contribution < 1.29 is 9.53 Å². The maximum absolute atomic E-state index is 11.6. The molecule has 1 aromatic rings. The van der Waals surface area contributed by atoms with E-state index in [1.54, 1.807) is 19.1 Å². The fourth-order valence-corrected chi connectivity index (χ4v) is 1.95. The molecule has 0 saturated carbocycles. The van der Waals surface area contributed by atoms with Gasteiger partial charge in [-0.1, -0.05) is 0 Å². The van der Waals surface area contributed by atoms with Crippen molar-refractivity contribution in [3.05, 3.63) is 22.7 Å². The minimum absolute atomic E-state index is 0.00735. The lowest BCUT2D eigenvalue weighted by molar-refractivity contribution is -0.117. The zero-order chi connectivity index (χ0) is 12.1. The summed E-state index contributed by atoms with van der Waals surface area (Å²) < 4.78 is 5.93. The molecule has 0 N–H and O–H groups in total. The highest BCUT2D eigenvalue weighted by Gasteiger charge is 2.11. The van der Waals surface area contributed by atoms with E-state index in [4.69, 9.17) is 16.3 Å². The normalized spacial score (nSPS) is 10.0. The van der Waals surface area contributed by atoms with E-state index < -0.39 is 0 Å². The monoisotopic (exact) mass is 305 g/mol. The van der Waals surface area contributed by atoms with E-state index in [9.17, 15) is 4.79 Å². The highest BCUT2D eigenvalue weighted by molar-refractivity contribution is 9.10. The number of methoxy groups -OCH3 is 1. The maximum Gasteiger partial charge on any atom is 0.227 e. The van der Waals surface area contributed by atoms with Gasteiger partial charge in [0.1, 0.15) is 5.75 Å². The minimum atomic E-state index is -0.00735. The smallest absolute Gasteiger partial charge is 0.227 e. The van der Waals surface area contributed by atoms with Gasteiger partial charge in [0, 0.05) is 25.0 Å². The maximum atomic E-state index is 11.6. The number of carbonyl (C=O) groups is 1. The first-order valence-corrected chi connectivity index (χ1v) is 6.09. The Morgan fingerprint density at radius 1 is 1.56 bits per heavy atom. The van der Waals surface area contributed by atoms with Crippen LogP contribution in [-0.4, -0.2) is 25.9 Å². The van der Waals surface area contributed by atoms with Gasteiger partial charge in [-0.15, -0.1) is 11.6 Å². The molecule has 0 atom stereocenters. The van der Waals surface area contributed by atoms with Crippen molar-refractivity contribution >= 4 is 39.1 Å². The summed E-state index contributed by atoms with van der Waals surface area (Å²) in [6.07, 6.45) is 0.335. The van der Waals surface area contributed by atoms with E-state index in [0.717, 1.165) is 15.9 Å². The van der Waals surface area contributed by atoms with Gasteiger partial charge in [-0.2, -0.15) is 0 Å². The number of alkyl halides is 1. The molecule has 0 saturated heterocycles. The van der Waals surface area contributed by atoms with Crippen LogP contribution < -0.4 is 9.64 Å². The van der Waals surface area contributed by atoms with Crippen LogP contribution in [0.25, 0.3) is 0 Å². The predicted molar refractivity (Wildman–Crippen MR) is 69.4 cm³/mol. The average Bonchev–Trinajstić information content (AvgIpc) is 2.28. The van der Waals surface area contributed by atoms with Gasteiger partial charge in [-0.25, -0.2) is 0 Å². The molecule has 5 heteroatoms. The first-order chi connectivity index (χ1) is 7.60. The van der Waals surface area contributed by atoms with Crippen LogP contribution in [-0.2, 0) is 4.79 Å². The van der Waals surface area contributed by atoms with Crippen LogP contribution in [0.4, 0.5) is 5.69 Å². The fourth-order valence-electron chi connectivity index (χ4n) is 1.26. The van der Waals surface area contributed by atoms with Crippen molar-refractivity contribution in [1.82, 2.24) is 0 Å². The summed E-state index contributed by atoms with van der Waals surface area (Å²) >= 11 is 8.90. The van der Waals surface area contributed by atoms with Gasteiger partial charge in [0.2, 0.25) is 5.91 Å². The number of carbonyl (C=O) groups excluding carboxylic acids is 1. The van der Waals surface area contributed by atoms with Crippen molar-refractivity contribution in [1.29, 1.82) is 0 Å². The fraction of sp³-hybridized carbons (Fsp3) is 0.364. The highest BCUT2D eigenvalue weighted by atomic mass is 79.9. The molecule has 88 valence electrons. The molecule has 1 rings (SSSR count). The van der Waals surface area contributed by atoms with Gasteiger partial charge in [0.05, 0.1) is 11.6 Å². The molecule has 0 radical (unpaired) electrons. The quantitative estimate of drug-likeness (QED) is 0.800. The highest BCUT2D eigenvalue weighted by Crippen LogP contribution is 2.29. The molecule has 1 amide bonds. The molecule has 0 spiro atoms. The van der Waals surface area contributed by atoms with Crippen LogP contribution in [0.2, 0.25) is 0 Å². The summed E-state index contributed by atoms with van der Waals surface area (Å²) in [6, 6.07) is 5.48. The predicted octanol–water partition coefficient (Wildman–Crippen LogP) is 3.05. The Hall–Kier alpha value is -0.740. The topological polar surface area (TPSA) is 29.5 Å². The van der Waals surface area contributed by atoms with Gasteiger partial charge >= 0.3 is 0 Å². The zero-order valence-corrected chi connectivity index (χ0v) is 11.5. The Balaban J connectivity index is 2.88. The molecule has 16 heavy (non-hydrogen) atoms. The van der Waals surface area contributed by atoms with Gasteiger partial charge < -0.3 is 9.64 Å². The van der Waals surface area contributed by atoms with Gasteiger partial charge in [0.15, 0.2) is 0 Å². The van der Waals surface area contributed by atoms with E-state index in [1.165, 1.54) is 0 Å². The molecule has 3 nitrogen and oxygen atoms in total. The first kappa shape index (κ1) is 13.3. The second-order valence-electron chi connectivity index (χ2n) is 3.21. The van der Waals surface area contributed by atoms with Crippen LogP contribution >= 0.6 is 27.5 Å². The van der Waals surface area contributed by atoms with Crippen LogP contribution in [0.1, 0.15) is 6.42 Å². The Morgan fingerprint density at radius 2 is 2.25 bits per heavy atom. The van der Waals surface area contributed by atoms with Gasteiger partial charge in [-0.05, 0) is 34.1 Å². The molecule has 1 aromatic carbocycles. The number of amides is 1. The third kappa shape index (κ3) is 3.12. The van der Waals surface area contributed by atoms with Crippen molar-refractivity contribution in [2.75, 3.05) is 24.9 Å². The van der Waals surface area contributed by atoms with E-state index in [0.29, 0.717) is 12.3 Å². The number of rotatable bonds is 4. The van der Waals surface area contributed by atoms with E-state index in [2.05, 4.69) is 15.9 Å². The van der Waals surface area contributed by atoms with Crippen LogP contribution in [0.3, 0.4) is 0 Å². The molecule has 0 unspecified atom stereocenters. The van der Waals surface area contributed by atoms with Crippen molar-refractivity contribution in [2.45, 2.75) is 6.42 Å². The summed E-state index contributed by atoms with van der Waals surface area (Å²) in [4.78, 5) is 13.2. The Labute approximate surface area is 108 Å². The molecular weight excluding hydrogens is 293 g/mol. The van der Waals surface area contributed by atoms with Gasteiger partial charge in [0.25, 0.3) is 0 Å². The Kier molecular flexibility index (Phi) is 5.09. The van der Waals surface area contributed by atoms with E-state index in [-0.39, 0.29) is 5.91 Å². The van der Waals surface area contributed by atoms with Crippen molar-refractivity contribution in [3.8, 4) is 5.75 Å². The minimum Gasteiger partial charge on any atom is -0.496 e. The molecular formula is C11H13BrClNO2. The lowest BCUT2D eigenvalue weighted by Crippen LogP contribution is -2.26. The molecule has 0 aliphatic carbocycles. The second kappa shape index (κ2) is 6.11. The van der Waals surface area contributed by atoms with Crippen LogP contribution in [0.5, 0.6) is 5.75 Å². The van der Waals surface area contributed by atoms with E-state index in [1.807, 2.05) is 18.2 Å². The molecule has 0 fully saturated rings. The summed E-state index contributed by atoms with van der Waals surface area (Å²) in [5.74, 6) is 1.06. The third-order valence-electron chi connectivity index (χ3n) is 2.21. The zero-order valence-electron chi connectivity index (χ0n) is 9.17. The molecule has 0 aliphatic rings. The standard InChI is InChI=1S/C11H13BrClNO2/c1-14(11(15)5-6-13)8-3-4-10(16-2)9(12)7-8/h3-4,7H,5-6H2,1-2H3. The summed E-state index contributed by atoms with van der Waals surface area (Å²) in [6.45, 7) is 0. The van der Waals surface area contributed by atoms with Crippen molar-refractivity contribution in [3.63, 3.8) is 0 Å². The largest absolute Gasteiger partial charge is 0.496 e. The molecule has 0 aliphatic heterocycles. The first-order valence-electron chi connectivity index (χ1n) is 4.76. The van der Waals surface area contributed by atoms with Gasteiger partial charge in [-0.3, -0.25) is 4.79 Å². The number of ether oxygens (including phenoxy) is 1. The van der Waals surface area contributed by atoms with E-state index >= 15 is 0 Å². The molecule has 0 bridgehead atoms. The van der Waals surface area contributed by atoms with Crippen LogP contribution in [0.15, 0.2) is 22.7 Å². The number of halogens is 2. The lowest BCUT2D eigenvalue weighted by atomic mass is 10.2. The number of anilines is 1. The summed E-state index contributed by atoms with van der Waals surface area (Å²) in [7, 11) is 3.32. The second-order valence-corrected chi connectivity index (χ2v) is 4.44. The average molecular weight is 307 g/mol. The SMILES string of the molecule is COc1ccc(N(C)C(=O)CCCl)cc1Br. The molecule has 0 heterocycles. The number of nitrogens with zero attached hydrogens (tertiary/aromatic N) is 1.